The average molecular weight is 522 g/mol. The van der Waals surface area contributed by atoms with Crippen molar-refractivity contribution in [1.29, 1.82) is 0 Å². The van der Waals surface area contributed by atoms with Crippen LogP contribution in [0.15, 0.2) is 17.1 Å². The summed E-state index contributed by atoms with van der Waals surface area (Å²) in [4.78, 5) is 15.7. The molecule has 0 aliphatic carbocycles. The highest BCUT2D eigenvalue weighted by molar-refractivity contribution is 14.0. The fraction of sp³-hybridized carbons (Fsp3) is 0.467. The van der Waals surface area contributed by atoms with Gasteiger partial charge < -0.3 is 16.0 Å². The number of carbonyl (C=O) groups excluding carboxylic acids is 1. The number of amides is 1. The second kappa shape index (κ2) is 11.3. The molecule has 1 aromatic rings. The van der Waals surface area contributed by atoms with Gasteiger partial charge in [0.15, 0.2) is 23.4 Å². The third-order valence-corrected chi connectivity index (χ3v) is 4.23. The lowest BCUT2D eigenvalue weighted by molar-refractivity contribution is -0.115. The molecule has 154 valence electrons. The quantitative estimate of drug-likeness (QED) is 0.219. The minimum absolute atomic E-state index is 0. The number of halogens is 4. The molecule has 3 N–H and O–H groups in total. The van der Waals surface area contributed by atoms with Crippen molar-refractivity contribution < 1.29 is 26.4 Å². The predicted octanol–water partition coefficient (Wildman–Crippen LogP) is 1.65. The van der Waals surface area contributed by atoms with Gasteiger partial charge in [-0.2, -0.15) is 0 Å². The van der Waals surface area contributed by atoms with Gasteiger partial charge in [-0.15, -0.1) is 24.0 Å². The van der Waals surface area contributed by atoms with Crippen molar-refractivity contribution in [1.82, 2.24) is 10.6 Å². The van der Waals surface area contributed by atoms with Gasteiger partial charge in [0, 0.05) is 19.3 Å². The summed E-state index contributed by atoms with van der Waals surface area (Å²) < 4.78 is 61.8. The van der Waals surface area contributed by atoms with Crippen LogP contribution in [0.1, 0.15) is 13.3 Å². The molecule has 0 aromatic heterocycles. The number of rotatable bonds is 7. The molecular formula is C15H22F3IN4O3S. The Morgan fingerprint density at radius 1 is 1.22 bits per heavy atom. The number of sulfone groups is 1. The Morgan fingerprint density at radius 3 is 2.41 bits per heavy atom. The molecule has 0 spiro atoms. The summed E-state index contributed by atoms with van der Waals surface area (Å²) in [5.74, 6) is -5.00. The summed E-state index contributed by atoms with van der Waals surface area (Å²) in [5, 5.41) is 7.66. The summed E-state index contributed by atoms with van der Waals surface area (Å²) in [6, 6.07) is 1.37. The third-order valence-electron chi connectivity index (χ3n) is 3.25. The first kappa shape index (κ1) is 25.4. The molecule has 0 radical (unpaired) electrons. The maximum absolute atomic E-state index is 13.5. The predicted molar refractivity (Wildman–Crippen MR) is 109 cm³/mol. The molecule has 1 amide bonds. The molecule has 0 saturated heterocycles. The highest BCUT2D eigenvalue weighted by Crippen LogP contribution is 2.19. The molecule has 0 fully saturated rings. The zero-order valence-electron chi connectivity index (χ0n) is 15.0. The van der Waals surface area contributed by atoms with E-state index in [1.54, 1.807) is 6.92 Å². The van der Waals surface area contributed by atoms with E-state index in [-0.39, 0.29) is 48.3 Å². The molecular weight excluding hydrogens is 500 g/mol. The molecule has 7 nitrogen and oxygen atoms in total. The van der Waals surface area contributed by atoms with Crippen LogP contribution in [0.3, 0.4) is 0 Å². The van der Waals surface area contributed by atoms with Crippen LogP contribution in [0.25, 0.3) is 0 Å². The largest absolute Gasteiger partial charge is 0.354 e. The maximum atomic E-state index is 13.5. The zero-order valence-corrected chi connectivity index (χ0v) is 18.1. The van der Waals surface area contributed by atoms with Gasteiger partial charge in [-0.3, -0.25) is 9.79 Å². The van der Waals surface area contributed by atoms with Gasteiger partial charge in [-0.1, -0.05) is 0 Å². The molecule has 0 heterocycles. The van der Waals surface area contributed by atoms with Crippen LogP contribution >= 0.6 is 24.0 Å². The molecule has 27 heavy (non-hydrogen) atoms. The number of hydrogen-bond donors (Lipinski definition) is 3. The van der Waals surface area contributed by atoms with Gasteiger partial charge in [0.05, 0.1) is 18.0 Å². The summed E-state index contributed by atoms with van der Waals surface area (Å²) in [6.45, 7) is 1.42. The van der Waals surface area contributed by atoms with E-state index in [4.69, 9.17) is 0 Å². The monoisotopic (exact) mass is 522 g/mol. The van der Waals surface area contributed by atoms with Crippen molar-refractivity contribution >= 4 is 51.4 Å². The lowest BCUT2D eigenvalue weighted by Crippen LogP contribution is -2.45. The number of aliphatic imine (C=N–C) groups is 1. The van der Waals surface area contributed by atoms with Crippen LogP contribution in [-0.2, 0) is 14.6 Å². The first-order valence-corrected chi connectivity index (χ1v) is 9.67. The highest BCUT2D eigenvalue weighted by atomic mass is 127. The first-order chi connectivity index (χ1) is 12.0. The Bertz CT molecular complexity index is 791. The molecule has 0 aliphatic rings. The number of anilines is 1. The molecule has 0 aliphatic heterocycles. The Morgan fingerprint density at radius 2 is 1.85 bits per heavy atom. The third kappa shape index (κ3) is 9.26. The number of nitrogens with one attached hydrogen (secondary N) is 3. The van der Waals surface area contributed by atoms with E-state index in [9.17, 15) is 26.4 Å². The van der Waals surface area contributed by atoms with Crippen molar-refractivity contribution in [2.75, 3.05) is 30.9 Å². The normalized spacial score (nSPS) is 12.7. The lowest BCUT2D eigenvalue weighted by Gasteiger charge is -2.17. The van der Waals surface area contributed by atoms with Gasteiger partial charge in [-0.05, 0) is 25.5 Å². The van der Waals surface area contributed by atoms with Crippen LogP contribution in [0.5, 0.6) is 0 Å². The first-order valence-electron chi connectivity index (χ1n) is 7.61. The van der Waals surface area contributed by atoms with Gasteiger partial charge >= 0.3 is 0 Å². The molecule has 1 rings (SSSR count). The topological polar surface area (TPSA) is 99.7 Å². The number of carbonyl (C=O) groups is 1. The van der Waals surface area contributed by atoms with Crippen LogP contribution < -0.4 is 16.0 Å². The van der Waals surface area contributed by atoms with Crippen LogP contribution in [0.2, 0.25) is 0 Å². The lowest BCUT2D eigenvalue weighted by atomic mass is 10.2. The van der Waals surface area contributed by atoms with Crippen LogP contribution in [-0.4, -0.2) is 51.9 Å². The van der Waals surface area contributed by atoms with E-state index < -0.39 is 38.9 Å². The SMILES string of the molecule is CN=C(NCC(=O)Nc1ccc(F)c(F)c1F)NC(C)CCS(C)(=O)=O.I. The average Bonchev–Trinajstić information content (AvgIpc) is 2.56. The molecule has 0 saturated carbocycles. The number of guanidine groups is 1. The highest BCUT2D eigenvalue weighted by Gasteiger charge is 2.15. The number of nitrogens with zero attached hydrogens (tertiary/aromatic N) is 1. The fourth-order valence-electron chi connectivity index (χ4n) is 1.87. The number of hydrogen-bond acceptors (Lipinski definition) is 4. The second-order valence-corrected chi connectivity index (χ2v) is 7.92. The van der Waals surface area contributed by atoms with E-state index in [1.807, 2.05) is 0 Å². The summed E-state index contributed by atoms with van der Waals surface area (Å²) in [6.07, 6.45) is 1.47. The molecule has 1 unspecified atom stereocenters. The zero-order chi connectivity index (χ0) is 19.9. The number of benzene rings is 1. The smallest absolute Gasteiger partial charge is 0.243 e. The van der Waals surface area contributed by atoms with Crippen molar-refractivity contribution in [2.24, 2.45) is 4.99 Å². The Balaban J connectivity index is 0.00000676. The van der Waals surface area contributed by atoms with Gasteiger partial charge in [0.1, 0.15) is 9.84 Å². The fourth-order valence-corrected chi connectivity index (χ4v) is 2.65. The van der Waals surface area contributed by atoms with Crippen LogP contribution in [0, 0.1) is 17.5 Å². The van der Waals surface area contributed by atoms with E-state index >= 15 is 0 Å². The molecule has 1 atom stereocenters. The van der Waals surface area contributed by atoms with Crippen molar-refractivity contribution in [3.63, 3.8) is 0 Å². The van der Waals surface area contributed by atoms with Crippen molar-refractivity contribution in [3.8, 4) is 0 Å². The summed E-state index contributed by atoms with van der Waals surface area (Å²) in [5.41, 5.74) is -0.486. The Labute approximate surface area is 173 Å². The van der Waals surface area contributed by atoms with Gasteiger partial charge in [0.25, 0.3) is 0 Å². The maximum Gasteiger partial charge on any atom is 0.243 e. The standard InChI is InChI=1S/C15H21F3N4O3S.HI/c1-9(6-7-26(3,24)25)21-15(19-2)20-8-12(23)22-11-5-4-10(16)13(17)14(11)18;/h4-5,9H,6-8H2,1-3H3,(H,22,23)(H2,19,20,21);1H. The molecule has 0 bridgehead atoms. The van der Waals surface area contributed by atoms with Crippen LogP contribution in [0.4, 0.5) is 18.9 Å². The second-order valence-electron chi connectivity index (χ2n) is 5.66. The van der Waals surface area contributed by atoms with Crippen molar-refractivity contribution in [2.45, 2.75) is 19.4 Å². The minimum Gasteiger partial charge on any atom is -0.354 e. The van der Waals surface area contributed by atoms with Gasteiger partial charge in [-0.25, -0.2) is 21.6 Å². The Kier molecular flexibility index (Phi) is 10.7. The van der Waals surface area contributed by atoms with E-state index in [0.29, 0.717) is 12.5 Å². The Hall–Kier alpha value is -1.57. The van der Waals surface area contributed by atoms with E-state index in [1.165, 1.54) is 7.05 Å². The van der Waals surface area contributed by atoms with E-state index in [0.717, 1.165) is 12.3 Å². The van der Waals surface area contributed by atoms with E-state index in [2.05, 4.69) is 20.9 Å². The summed E-state index contributed by atoms with van der Waals surface area (Å²) in [7, 11) is -1.64. The summed E-state index contributed by atoms with van der Waals surface area (Å²) >= 11 is 0. The molecule has 12 heteroatoms. The molecule has 1 aromatic carbocycles. The van der Waals surface area contributed by atoms with Crippen molar-refractivity contribution in [3.05, 3.63) is 29.6 Å². The van der Waals surface area contributed by atoms with Gasteiger partial charge in [0.2, 0.25) is 5.91 Å². The minimum atomic E-state index is -3.09.